The number of aromatic nitrogens is 3. The van der Waals surface area contributed by atoms with E-state index < -0.39 is 0 Å². The largest absolute Gasteiger partial charge is 0.331 e. The van der Waals surface area contributed by atoms with E-state index in [0.29, 0.717) is 17.7 Å². The first-order valence-electron chi connectivity index (χ1n) is 8.46. The predicted octanol–water partition coefficient (Wildman–Crippen LogP) is 2.64. The lowest BCUT2D eigenvalue weighted by Gasteiger charge is -2.33. The molecule has 0 spiro atoms. The van der Waals surface area contributed by atoms with Crippen LogP contribution in [-0.4, -0.2) is 32.1 Å². The molecule has 0 unspecified atom stereocenters. The lowest BCUT2D eigenvalue weighted by atomic mass is 10.0. The average molecular weight is 288 g/mol. The Morgan fingerprint density at radius 1 is 1.19 bits per heavy atom. The molecule has 2 saturated carbocycles. The van der Waals surface area contributed by atoms with Gasteiger partial charge in [-0.15, -0.1) is 0 Å². The highest BCUT2D eigenvalue weighted by molar-refractivity contribution is 5.77. The van der Waals surface area contributed by atoms with Crippen LogP contribution in [0.2, 0.25) is 0 Å². The molecular weight excluding hydrogens is 264 g/mol. The average Bonchev–Trinajstić information content (AvgIpc) is 3.02. The molecule has 1 aromatic heterocycles. The van der Waals surface area contributed by atoms with Gasteiger partial charge in [-0.3, -0.25) is 4.79 Å². The van der Waals surface area contributed by atoms with E-state index in [1.165, 1.54) is 38.5 Å². The Morgan fingerprint density at radius 2 is 1.95 bits per heavy atom. The number of nitrogens with zero attached hydrogens (tertiary/aromatic N) is 4. The number of hydrogen-bond acceptors (Lipinski definition) is 3. The minimum atomic E-state index is 0.0765. The highest BCUT2D eigenvalue weighted by atomic mass is 16.2. The fraction of sp³-hybridized carbons (Fsp3) is 0.812. The molecule has 4 rings (SSSR count). The standard InChI is InChI=1S/C16H24N4O/c1-11-16-17-15(13-6-7-13)18-20(16)9-8-19(11)14(21)10-12-4-2-3-5-12/h11-13H,2-10H2,1H3/t11-/m1/s1. The number of rotatable bonds is 3. The molecule has 0 N–H and O–H groups in total. The fourth-order valence-corrected chi connectivity index (χ4v) is 3.82. The topological polar surface area (TPSA) is 51.0 Å². The van der Waals surface area contributed by atoms with Crippen LogP contribution in [0.15, 0.2) is 0 Å². The zero-order chi connectivity index (χ0) is 14.4. The van der Waals surface area contributed by atoms with Gasteiger partial charge in [-0.1, -0.05) is 12.8 Å². The van der Waals surface area contributed by atoms with Crippen LogP contribution in [0.3, 0.4) is 0 Å². The maximum atomic E-state index is 12.6. The van der Waals surface area contributed by atoms with Crippen molar-refractivity contribution in [2.75, 3.05) is 6.54 Å². The first kappa shape index (κ1) is 13.3. The molecule has 2 aliphatic carbocycles. The summed E-state index contributed by atoms with van der Waals surface area (Å²) in [4.78, 5) is 19.3. The lowest BCUT2D eigenvalue weighted by molar-refractivity contribution is -0.135. The third-order valence-electron chi connectivity index (χ3n) is 5.31. The molecule has 1 atom stereocenters. The number of carbonyl (C=O) groups excluding carboxylic acids is 1. The minimum absolute atomic E-state index is 0.0765. The van der Waals surface area contributed by atoms with E-state index in [1.807, 2.05) is 9.58 Å². The van der Waals surface area contributed by atoms with Crippen LogP contribution in [0.4, 0.5) is 0 Å². The van der Waals surface area contributed by atoms with Gasteiger partial charge in [0.15, 0.2) is 5.82 Å². The van der Waals surface area contributed by atoms with Crippen LogP contribution in [0.1, 0.15) is 75.5 Å². The molecule has 3 aliphatic rings. The number of hydrogen-bond donors (Lipinski definition) is 0. The van der Waals surface area contributed by atoms with Gasteiger partial charge in [-0.2, -0.15) is 5.10 Å². The van der Waals surface area contributed by atoms with Crippen molar-refractivity contribution in [3.63, 3.8) is 0 Å². The highest BCUT2D eigenvalue weighted by Crippen LogP contribution is 2.39. The van der Waals surface area contributed by atoms with Crippen LogP contribution in [-0.2, 0) is 11.3 Å². The third-order valence-corrected chi connectivity index (χ3v) is 5.31. The maximum Gasteiger partial charge on any atom is 0.223 e. The summed E-state index contributed by atoms with van der Waals surface area (Å²) in [6.45, 7) is 3.69. The minimum Gasteiger partial charge on any atom is -0.331 e. The normalized spacial score (nSPS) is 26.1. The second-order valence-corrected chi connectivity index (χ2v) is 6.94. The van der Waals surface area contributed by atoms with Crippen molar-refractivity contribution >= 4 is 5.91 Å². The molecule has 1 aliphatic heterocycles. The summed E-state index contributed by atoms with van der Waals surface area (Å²) >= 11 is 0. The Labute approximate surface area is 125 Å². The predicted molar refractivity (Wildman–Crippen MR) is 78.7 cm³/mol. The van der Waals surface area contributed by atoms with E-state index in [1.54, 1.807) is 0 Å². The van der Waals surface area contributed by atoms with Crippen molar-refractivity contribution in [2.24, 2.45) is 5.92 Å². The van der Waals surface area contributed by atoms with E-state index in [4.69, 9.17) is 4.98 Å². The van der Waals surface area contributed by atoms with Crippen molar-refractivity contribution in [2.45, 2.75) is 70.4 Å². The molecule has 5 nitrogen and oxygen atoms in total. The summed E-state index contributed by atoms with van der Waals surface area (Å²) in [5.41, 5.74) is 0. The van der Waals surface area contributed by atoms with E-state index in [-0.39, 0.29) is 6.04 Å². The molecule has 0 aromatic carbocycles. The summed E-state index contributed by atoms with van der Waals surface area (Å²) in [5, 5.41) is 4.63. The van der Waals surface area contributed by atoms with Gasteiger partial charge in [0.25, 0.3) is 0 Å². The van der Waals surface area contributed by atoms with Crippen molar-refractivity contribution in [3.8, 4) is 0 Å². The number of fused-ring (bicyclic) bond motifs is 1. The summed E-state index contributed by atoms with van der Waals surface area (Å²) in [5.74, 6) is 3.51. The molecule has 1 aromatic rings. The van der Waals surface area contributed by atoms with Gasteiger partial charge in [0.1, 0.15) is 5.82 Å². The molecular formula is C16H24N4O. The second kappa shape index (κ2) is 5.11. The molecule has 21 heavy (non-hydrogen) atoms. The lowest BCUT2D eigenvalue weighted by Crippen LogP contribution is -2.42. The highest BCUT2D eigenvalue weighted by Gasteiger charge is 2.35. The SMILES string of the molecule is C[C@@H]1c2nc(C3CC3)nn2CCN1C(=O)CC1CCCC1. The van der Waals surface area contributed by atoms with Crippen molar-refractivity contribution < 1.29 is 4.79 Å². The van der Waals surface area contributed by atoms with Gasteiger partial charge < -0.3 is 4.90 Å². The van der Waals surface area contributed by atoms with E-state index in [9.17, 15) is 4.79 Å². The van der Waals surface area contributed by atoms with Crippen LogP contribution < -0.4 is 0 Å². The van der Waals surface area contributed by atoms with Crippen LogP contribution >= 0.6 is 0 Å². The van der Waals surface area contributed by atoms with Gasteiger partial charge in [0.05, 0.1) is 12.6 Å². The molecule has 114 valence electrons. The number of amides is 1. The summed E-state index contributed by atoms with van der Waals surface area (Å²) in [6.07, 6.45) is 8.24. The van der Waals surface area contributed by atoms with E-state index in [0.717, 1.165) is 31.2 Å². The van der Waals surface area contributed by atoms with Crippen molar-refractivity contribution in [1.82, 2.24) is 19.7 Å². The molecule has 0 bridgehead atoms. The first-order chi connectivity index (χ1) is 10.2. The van der Waals surface area contributed by atoms with Gasteiger partial charge >= 0.3 is 0 Å². The summed E-state index contributed by atoms with van der Waals surface area (Å²) < 4.78 is 2.03. The fourth-order valence-electron chi connectivity index (χ4n) is 3.82. The Bertz CT molecular complexity index is 542. The van der Waals surface area contributed by atoms with Gasteiger partial charge in [0, 0.05) is 18.9 Å². The zero-order valence-electron chi connectivity index (χ0n) is 12.8. The van der Waals surface area contributed by atoms with E-state index >= 15 is 0 Å². The Kier molecular flexibility index (Phi) is 3.23. The molecule has 0 saturated heterocycles. The molecule has 2 fully saturated rings. The van der Waals surface area contributed by atoms with Crippen molar-refractivity contribution in [3.05, 3.63) is 11.6 Å². The Morgan fingerprint density at radius 3 is 2.67 bits per heavy atom. The van der Waals surface area contributed by atoms with Gasteiger partial charge in [0.2, 0.25) is 5.91 Å². The maximum absolute atomic E-state index is 12.6. The van der Waals surface area contributed by atoms with Crippen LogP contribution in [0, 0.1) is 5.92 Å². The van der Waals surface area contributed by atoms with Gasteiger partial charge in [-0.05, 0) is 38.5 Å². The zero-order valence-corrected chi connectivity index (χ0v) is 12.8. The Hall–Kier alpha value is -1.39. The molecule has 2 heterocycles. The van der Waals surface area contributed by atoms with Crippen molar-refractivity contribution in [1.29, 1.82) is 0 Å². The number of carbonyl (C=O) groups is 1. The molecule has 0 radical (unpaired) electrons. The molecule has 1 amide bonds. The molecule has 5 heteroatoms. The summed E-state index contributed by atoms with van der Waals surface area (Å²) in [7, 11) is 0. The monoisotopic (exact) mass is 288 g/mol. The van der Waals surface area contributed by atoms with Crippen LogP contribution in [0.25, 0.3) is 0 Å². The smallest absolute Gasteiger partial charge is 0.223 e. The third kappa shape index (κ3) is 2.47. The van der Waals surface area contributed by atoms with Gasteiger partial charge in [-0.25, -0.2) is 9.67 Å². The van der Waals surface area contributed by atoms with E-state index in [2.05, 4.69) is 12.0 Å². The second-order valence-electron chi connectivity index (χ2n) is 6.94. The quantitative estimate of drug-likeness (QED) is 0.859. The first-order valence-corrected chi connectivity index (χ1v) is 8.46. The Balaban J connectivity index is 1.48. The van der Waals surface area contributed by atoms with Crippen LogP contribution in [0.5, 0.6) is 0 Å². The summed E-state index contributed by atoms with van der Waals surface area (Å²) in [6, 6.07) is 0.0765.